The molecule has 0 atom stereocenters. The van der Waals surface area contributed by atoms with E-state index in [0.29, 0.717) is 23.3 Å². The number of hydrogen-bond donors (Lipinski definition) is 2. The monoisotopic (exact) mass is 389 g/mol. The van der Waals surface area contributed by atoms with Crippen LogP contribution in [-0.4, -0.2) is 43.9 Å². The molecule has 0 radical (unpaired) electrons. The topological polar surface area (TPSA) is 99.0 Å². The highest BCUT2D eigenvalue weighted by Crippen LogP contribution is 2.29. The Hall–Kier alpha value is -3.72. The molecule has 1 aromatic carbocycles. The van der Waals surface area contributed by atoms with Gasteiger partial charge in [0.05, 0.1) is 11.7 Å². The summed E-state index contributed by atoms with van der Waals surface area (Å²) in [6.45, 7) is 1.73. The van der Waals surface area contributed by atoms with E-state index < -0.39 is 0 Å². The molecule has 0 unspecified atom stereocenters. The summed E-state index contributed by atoms with van der Waals surface area (Å²) in [5.41, 5.74) is 0.802. The Kier molecular flexibility index (Phi) is 4.41. The predicted octanol–water partition coefficient (Wildman–Crippen LogP) is 2.64. The number of aryl methyl sites for hydroxylation is 1. The molecule has 1 aliphatic rings. The van der Waals surface area contributed by atoms with E-state index in [9.17, 15) is 0 Å². The molecular weight excluding hydrogens is 370 g/mol. The van der Waals surface area contributed by atoms with E-state index in [2.05, 4.69) is 30.7 Å². The standard InChI is InChI=1S/C20H19N7O2/c1-27-7-6-18(26-27)25-20-16-8-13(2-4-17(16)23-12-24-20)29-19-5-3-14(11-22-19)28-15-9-21-10-15/h2-8,11-12,15,21H,9-10H2,1H3,(H,23,24,25,26). The van der Waals surface area contributed by atoms with Crippen LogP contribution in [0.15, 0.2) is 55.1 Å². The summed E-state index contributed by atoms with van der Waals surface area (Å²) in [6.07, 6.45) is 5.27. The first-order chi connectivity index (χ1) is 14.2. The molecule has 29 heavy (non-hydrogen) atoms. The SMILES string of the molecule is Cn1ccc(Nc2ncnc3ccc(Oc4ccc(OC5CNC5)cn4)cc23)n1. The highest BCUT2D eigenvalue weighted by atomic mass is 16.5. The third-order valence-corrected chi connectivity index (χ3v) is 4.55. The lowest BCUT2D eigenvalue weighted by atomic mass is 10.2. The van der Waals surface area contributed by atoms with Crippen LogP contribution in [0.5, 0.6) is 17.4 Å². The first kappa shape index (κ1) is 17.4. The number of fused-ring (bicyclic) bond motifs is 1. The Labute approximate surface area is 166 Å². The number of nitrogens with one attached hydrogen (secondary N) is 2. The Morgan fingerprint density at radius 3 is 2.69 bits per heavy atom. The maximum absolute atomic E-state index is 5.91. The van der Waals surface area contributed by atoms with Gasteiger partial charge in [-0.15, -0.1) is 0 Å². The van der Waals surface area contributed by atoms with Gasteiger partial charge in [-0.05, 0) is 24.3 Å². The lowest BCUT2D eigenvalue weighted by Gasteiger charge is -2.27. The summed E-state index contributed by atoms with van der Waals surface area (Å²) in [5, 5.41) is 11.5. The molecule has 0 spiro atoms. The van der Waals surface area contributed by atoms with Crippen LogP contribution < -0.4 is 20.1 Å². The van der Waals surface area contributed by atoms with Crippen molar-refractivity contribution in [2.45, 2.75) is 6.10 Å². The fourth-order valence-corrected chi connectivity index (χ4v) is 2.96. The van der Waals surface area contributed by atoms with Gasteiger partial charge in [0.1, 0.15) is 29.7 Å². The predicted molar refractivity (Wildman–Crippen MR) is 108 cm³/mol. The number of hydrogen-bond acceptors (Lipinski definition) is 8. The number of pyridine rings is 1. The lowest BCUT2D eigenvalue weighted by molar-refractivity contribution is 0.141. The second kappa shape index (κ2) is 7.36. The van der Waals surface area contributed by atoms with Crippen molar-refractivity contribution < 1.29 is 9.47 Å². The zero-order valence-electron chi connectivity index (χ0n) is 15.7. The molecule has 0 amide bonds. The van der Waals surface area contributed by atoms with Crippen LogP contribution in [-0.2, 0) is 7.05 Å². The molecule has 1 fully saturated rings. The zero-order chi connectivity index (χ0) is 19.6. The summed E-state index contributed by atoms with van der Waals surface area (Å²) in [6, 6.07) is 11.1. The van der Waals surface area contributed by atoms with Crippen molar-refractivity contribution in [3.8, 4) is 17.4 Å². The molecular formula is C20H19N7O2. The average molecular weight is 389 g/mol. The molecule has 0 aliphatic carbocycles. The molecule has 0 bridgehead atoms. The Morgan fingerprint density at radius 1 is 1.07 bits per heavy atom. The van der Waals surface area contributed by atoms with Gasteiger partial charge < -0.3 is 20.1 Å². The smallest absolute Gasteiger partial charge is 0.219 e. The van der Waals surface area contributed by atoms with Crippen LogP contribution >= 0.6 is 0 Å². The van der Waals surface area contributed by atoms with E-state index in [1.165, 1.54) is 6.33 Å². The fraction of sp³-hybridized carbons (Fsp3) is 0.200. The van der Waals surface area contributed by atoms with Gasteiger partial charge in [0.2, 0.25) is 5.88 Å². The van der Waals surface area contributed by atoms with Crippen LogP contribution in [0.4, 0.5) is 11.6 Å². The van der Waals surface area contributed by atoms with Gasteiger partial charge in [0.25, 0.3) is 0 Å². The number of benzene rings is 1. The lowest BCUT2D eigenvalue weighted by Crippen LogP contribution is -2.50. The van der Waals surface area contributed by atoms with Gasteiger partial charge in [-0.25, -0.2) is 15.0 Å². The number of ether oxygens (including phenoxy) is 2. The third kappa shape index (κ3) is 3.81. The van der Waals surface area contributed by atoms with Crippen LogP contribution in [0, 0.1) is 0 Å². The highest BCUT2D eigenvalue weighted by Gasteiger charge is 2.18. The molecule has 5 rings (SSSR count). The zero-order valence-corrected chi connectivity index (χ0v) is 15.7. The normalized spacial score (nSPS) is 13.8. The molecule has 4 aromatic rings. The maximum Gasteiger partial charge on any atom is 0.219 e. The number of nitrogens with zero attached hydrogens (tertiary/aromatic N) is 5. The second-order valence-electron chi connectivity index (χ2n) is 6.73. The molecule has 1 aliphatic heterocycles. The quantitative estimate of drug-likeness (QED) is 0.519. The largest absolute Gasteiger partial charge is 0.486 e. The van der Waals surface area contributed by atoms with Crippen LogP contribution in [0.3, 0.4) is 0 Å². The van der Waals surface area contributed by atoms with E-state index in [-0.39, 0.29) is 6.10 Å². The molecule has 3 aromatic heterocycles. The first-order valence-corrected chi connectivity index (χ1v) is 9.26. The fourth-order valence-electron chi connectivity index (χ4n) is 2.96. The van der Waals surface area contributed by atoms with E-state index in [1.807, 2.05) is 43.6 Å². The summed E-state index contributed by atoms with van der Waals surface area (Å²) >= 11 is 0. The molecule has 4 heterocycles. The van der Waals surface area contributed by atoms with Crippen molar-refractivity contribution in [3.63, 3.8) is 0 Å². The van der Waals surface area contributed by atoms with Gasteiger partial charge in [-0.3, -0.25) is 4.68 Å². The molecule has 1 saturated heterocycles. The van der Waals surface area contributed by atoms with Crippen LogP contribution in [0.1, 0.15) is 0 Å². The van der Waals surface area contributed by atoms with E-state index in [0.717, 1.165) is 29.7 Å². The number of anilines is 2. The van der Waals surface area contributed by atoms with E-state index in [4.69, 9.17) is 9.47 Å². The Balaban J connectivity index is 1.36. The molecule has 9 nitrogen and oxygen atoms in total. The van der Waals surface area contributed by atoms with Crippen molar-refractivity contribution in [1.29, 1.82) is 0 Å². The van der Waals surface area contributed by atoms with Crippen LogP contribution in [0.25, 0.3) is 10.9 Å². The first-order valence-electron chi connectivity index (χ1n) is 9.26. The number of rotatable bonds is 6. The third-order valence-electron chi connectivity index (χ3n) is 4.55. The minimum absolute atomic E-state index is 0.217. The van der Waals surface area contributed by atoms with Gasteiger partial charge in [0, 0.05) is 43.9 Å². The van der Waals surface area contributed by atoms with Crippen molar-refractivity contribution in [3.05, 3.63) is 55.1 Å². The molecule has 0 saturated carbocycles. The second-order valence-corrected chi connectivity index (χ2v) is 6.73. The summed E-state index contributed by atoms with van der Waals surface area (Å²) < 4.78 is 13.4. The number of aromatic nitrogens is 5. The van der Waals surface area contributed by atoms with Gasteiger partial charge >= 0.3 is 0 Å². The van der Waals surface area contributed by atoms with Gasteiger partial charge in [-0.2, -0.15) is 5.10 Å². The molecule has 2 N–H and O–H groups in total. The molecule has 146 valence electrons. The van der Waals surface area contributed by atoms with Crippen molar-refractivity contribution >= 4 is 22.5 Å². The summed E-state index contributed by atoms with van der Waals surface area (Å²) in [4.78, 5) is 13.0. The van der Waals surface area contributed by atoms with Crippen LogP contribution in [0.2, 0.25) is 0 Å². The van der Waals surface area contributed by atoms with Crippen molar-refractivity contribution in [2.24, 2.45) is 7.05 Å². The van der Waals surface area contributed by atoms with E-state index >= 15 is 0 Å². The van der Waals surface area contributed by atoms with Gasteiger partial charge in [-0.1, -0.05) is 0 Å². The highest BCUT2D eigenvalue weighted by molar-refractivity contribution is 5.91. The average Bonchev–Trinajstić information content (AvgIpc) is 3.11. The molecule has 9 heteroatoms. The van der Waals surface area contributed by atoms with E-state index in [1.54, 1.807) is 16.9 Å². The van der Waals surface area contributed by atoms with Crippen molar-refractivity contribution in [1.82, 2.24) is 30.0 Å². The summed E-state index contributed by atoms with van der Waals surface area (Å²) in [5.74, 6) is 3.22. The van der Waals surface area contributed by atoms with Crippen molar-refractivity contribution in [2.75, 3.05) is 18.4 Å². The Bertz CT molecular complexity index is 1140. The maximum atomic E-state index is 5.91. The summed E-state index contributed by atoms with van der Waals surface area (Å²) in [7, 11) is 1.86. The minimum Gasteiger partial charge on any atom is -0.486 e. The van der Waals surface area contributed by atoms with Gasteiger partial charge in [0.15, 0.2) is 5.82 Å². The Morgan fingerprint density at radius 2 is 1.97 bits per heavy atom. The minimum atomic E-state index is 0.217.